The van der Waals surface area contributed by atoms with E-state index >= 15 is 0 Å². The van der Waals surface area contributed by atoms with Gasteiger partial charge in [-0.2, -0.15) is 0 Å². The van der Waals surface area contributed by atoms with Gasteiger partial charge >= 0.3 is 0 Å². The maximum absolute atomic E-state index is 5.49. The molecule has 0 bridgehead atoms. The molecule has 4 heteroatoms. The fourth-order valence-electron chi connectivity index (χ4n) is 7.64. The molecule has 0 unspecified atom stereocenters. The van der Waals surface area contributed by atoms with Crippen LogP contribution in [0.25, 0.3) is 81.2 Å². The third kappa shape index (κ3) is 3.40. The summed E-state index contributed by atoms with van der Waals surface area (Å²) in [5.41, 5.74) is 8.59. The first-order chi connectivity index (χ1) is 22.1. The van der Waals surface area contributed by atoms with Crippen LogP contribution in [0.4, 0.5) is 0 Å². The van der Waals surface area contributed by atoms with Gasteiger partial charge in [-0.3, -0.25) is 4.57 Å². The number of thiophene rings is 1. The number of benzene rings is 6. The van der Waals surface area contributed by atoms with Gasteiger partial charge in [-0.05, 0) is 63.4 Å². The third-order valence-corrected chi connectivity index (χ3v) is 10.9. The number of hydrogen-bond donors (Lipinski definition) is 0. The molecule has 1 aliphatic rings. The zero-order valence-electron chi connectivity index (χ0n) is 24.9. The van der Waals surface area contributed by atoms with Crippen LogP contribution in [0.2, 0.25) is 0 Å². The number of fused-ring (bicyclic) bond motifs is 10. The molecule has 9 aromatic rings. The molecule has 3 nitrogen and oxygen atoms in total. The van der Waals surface area contributed by atoms with Crippen LogP contribution in [-0.4, -0.2) is 14.5 Å². The summed E-state index contributed by atoms with van der Waals surface area (Å²) in [5, 5.41) is 7.20. The van der Waals surface area contributed by atoms with E-state index in [1.54, 1.807) is 11.3 Å². The number of rotatable bonds is 2. The van der Waals surface area contributed by atoms with Crippen molar-refractivity contribution in [3.63, 3.8) is 0 Å². The highest BCUT2D eigenvalue weighted by atomic mass is 32.1. The van der Waals surface area contributed by atoms with E-state index in [1.165, 1.54) is 53.9 Å². The summed E-state index contributed by atoms with van der Waals surface area (Å²) in [5.74, 6) is 1.68. The zero-order chi connectivity index (χ0) is 29.9. The largest absolute Gasteiger partial charge is 0.293 e. The molecule has 0 N–H and O–H groups in total. The van der Waals surface area contributed by atoms with Gasteiger partial charge in [0.1, 0.15) is 4.83 Å². The molecule has 0 aliphatic heterocycles. The standard InChI is InChI=1S/C41H27N3S/c1-41(2)32-16-8-5-13-27(32)30-22-26(19-20-33(30)41)38-42-39(37-29-15-7-10-18-36(29)45-40(37)43-38)44-34-17-9-6-14-28(34)31-21-24-11-3-4-12-25(24)23-35(31)44/h3-23H,1-2H3. The summed E-state index contributed by atoms with van der Waals surface area (Å²) in [4.78, 5) is 11.8. The molecule has 0 amide bonds. The fraction of sp³-hybridized carbons (Fsp3) is 0.0732. The Hall–Kier alpha value is -5.32. The second-order valence-electron chi connectivity index (χ2n) is 12.6. The number of aromatic nitrogens is 3. The minimum atomic E-state index is -0.0440. The molecule has 3 heterocycles. The molecule has 0 spiro atoms. The number of para-hydroxylation sites is 1. The van der Waals surface area contributed by atoms with Crippen LogP contribution in [0.5, 0.6) is 0 Å². The average Bonchev–Trinajstić information content (AvgIpc) is 3.69. The molecule has 0 fully saturated rings. The van der Waals surface area contributed by atoms with Crippen molar-refractivity contribution in [3.8, 4) is 28.3 Å². The summed E-state index contributed by atoms with van der Waals surface area (Å²) in [6.45, 7) is 4.64. The molecule has 45 heavy (non-hydrogen) atoms. The number of nitrogens with zero attached hydrogens (tertiary/aromatic N) is 3. The van der Waals surface area contributed by atoms with Gasteiger partial charge in [-0.25, -0.2) is 9.97 Å². The predicted molar refractivity (Wildman–Crippen MR) is 190 cm³/mol. The van der Waals surface area contributed by atoms with Crippen molar-refractivity contribution < 1.29 is 0 Å². The first kappa shape index (κ1) is 25.1. The number of hydrogen-bond acceptors (Lipinski definition) is 3. The minimum absolute atomic E-state index is 0.0440. The minimum Gasteiger partial charge on any atom is -0.293 e. The zero-order valence-corrected chi connectivity index (χ0v) is 25.7. The lowest BCUT2D eigenvalue weighted by Gasteiger charge is -2.21. The van der Waals surface area contributed by atoms with Crippen molar-refractivity contribution in [2.45, 2.75) is 19.3 Å². The molecule has 3 aromatic heterocycles. The Morgan fingerprint density at radius 1 is 0.578 bits per heavy atom. The highest BCUT2D eigenvalue weighted by Gasteiger charge is 2.35. The van der Waals surface area contributed by atoms with Gasteiger partial charge in [0.2, 0.25) is 0 Å². The van der Waals surface area contributed by atoms with Gasteiger partial charge in [0.05, 0.1) is 16.4 Å². The van der Waals surface area contributed by atoms with E-state index in [0.717, 1.165) is 38.5 Å². The van der Waals surface area contributed by atoms with Crippen molar-refractivity contribution in [1.82, 2.24) is 14.5 Å². The Morgan fingerprint density at radius 2 is 1.29 bits per heavy atom. The molecule has 6 aromatic carbocycles. The van der Waals surface area contributed by atoms with Crippen LogP contribution in [0.3, 0.4) is 0 Å². The van der Waals surface area contributed by atoms with Gasteiger partial charge in [-0.1, -0.05) is 111 Å². The highest BCUT2D eigenvalue weighted by molar-refractivity contribution is 7.25. The summed E-state index contributed by atoms with van der Waals surface area (Å²) in [6.07, 6.45) is 0. The van der Waals surface area contributed by atoms with E-state index in [2.05, 4.69) is 146 Å². The van der Waals surface area contributed by atoms with E-state index in [4.69, 9.17) is 9.97 Å². The Kier molecular flexibility index (Phi) is 4.94. The molecule has 212 valence electrons. The lowest BCUT2D eigenvalue weighted by Crippen LogP contribution is -2.14. The normalized spacial score (nSPS) is 13.7. The van der Waals surface area contributed by atoms with Gasteiger partial charge in [0, 0.05) is 31.8 Å². The topological polar surface area (TPSA) is 30.7 Å². The monoisotopic (exact) mass is 593 g/mol. The van der Waals surface area contributed by atoms with Crippen LogP contribution in [-0.2, 0) is 5.41 Å². The van der Waals surface area contributed by atoms with Crippen molar-refractivity contribution in [2.75, 3.05) is 0 Å². The third-order valence-electron chi connectivity index (χ3n) is 9.81. The van der Waals surface area contributed by atoms with E-state index in [1.807, 2.05) is 0 Å². The van der Waals surface area contributed by atoms with Crippen molar-refractivity contribution in [1.29, 1.82) is 0 Å². The Labute approximate surface area is 264 Å². The summed E-state index contributed by atoms with van der Waals surface area (Å²) in [6, 6.07) is 46.2. The van der Waals surface area contributed by atoms with Crippen LogP contribution < -0.4 is 0 Å². The maximum Gasteiger partial charge on any atom is 0.163 e. The van der Waals surface area contributed by atoms with Gasteiger partial charge in [0.25, 0.3) is 0 Å². The maximum atomic E-state index is 5.49. The quantitative estimate of drug-likeness (QED) is 0.200. The first-order valence-electron chi connectivity index (χ1n) is 15.4. The van der Waals surface area contributed by atoms with Crippen LogP contribution in [0.1, 0.15) is 25.0 Å². The molecular weight excluding hydrogens is 567 g/mol. The van der Waals surface area contributed by atoms with Gasteiger partial charge < -0.3 is 0 Å². The second kappa shape index (κ2) is 8.87. The fourth-order valence-corrected chi connectivity index (χ4v) is 8.71. The van der Waals surface area contributed by atoms with E-state index < -0.39 is 0 Å². The van der Waals surface area contributed by atoms with E-state index in [-0.39, 0.29) is 5.41 Å². The van der Waals surface area contributed by atoms with Crippen molar-refractivity contribution >= 4 is 64.2 Å². The molecule has 1 aliphatic carbocycles. The van der Waals surface area contributed by atoms with Gasteiger partial charge in [-0.15, -0.1) is 11.3 Å². The summed E-state index contributed by atoms with van der Waals surface area (Å²) < 4.78 is 3.59. The second-order valence-corrected chi connectivity index (χ2v) is 13.7. The molecular formula is C41H27N3S. The molecule has 0 saturated carbocycles. The Bertz CT molecular complexity index is 2690. The summed E-state index contributed by atoms with van der Waals surface area (Å²) >= 11 is 1.74. The Morgan fingerprint density at radius 3 is 2.18 bits per heavy atom. The lowest BCUT2D eigenvalue weighted by molar-refractivity contribution is 0.660. The van der Waals surface area contributed by atoms with E-state index in [0.29, 0.717) is 0 Å². The Balaban J connectivity index is 1.32. The average molecular weight is 594 g/mol. The van der Waals surface area contributed by atoms with Crippen LogP contribution in [0.15, 0.2) is 127 Å². The molecule has 10 rings (SSSR count). The van der Waals surface area contributed by atoms with Crippen molar-refractivity contribution in [3.05, 3.63) is 139 Å². The van der Waals surface area contributed by atoms with Gasteiger partial charge in [0.15, 0.2) is 11.6 Å². The predicted octanol–water partition coefficient (Wildman–Crippen LogP) is 11.1. The smallest absolute Gasteiger partial charge is 0.163 e. The molecule has 0 atom stereocenters. The highest BCUT2D eigenvalue weighted by Crippen LogP contribution is 2.49. The van der Waals surface area contributed by atoms with Crippen molar-refractivity contribution in [2.24, 2.45) is 0 Å². The molecule has 0 saturated heterocycles. The lowest BCUT2D eigenvalue weighted by atomic mass is 9.82. The molecule has 0 radical (unpaired) electrons. The van der Waals surface area contributed by atoms with Crippen LogP contribution >= 0.6 is 11.3 Å². The SMILES string of the molecule is CC1(C)c2ccccc2-c2cc(-c3nc(-n4c5ccccc5c5cc6ccccc6cc54)c4c(n3)sc3ccccc34)ccc21. The van der Waals surface area contributed by atoms with Crippen LogP contribution in [0, 0.1) is 0 Å². The first-order valence-corrected chi connectivity index (χ1v) is 16.2. The van der Waals surface area contributed by atoms with E-state index in [9.17, 15) is 0 Å². The summed E-state index contributed by atoms with van der Waals surface area (Å²) in [7, 11) is 0.